The molecule has 2 heterocycles. The Morgan fingerprint density at radius 1 is 1.18 bits per heavy atom. The summed E-state index contributed by atoms with van der Waals surface area (Å²) in [7, 11) is 0. The van der Waals surface area contributed by atoms with E-state index >= 15 is 0 Å². The number of benzene rings is 1. The van der Waals surface area contributed by atoms with Crippen LogP contribution in [0.5, 0.6) is 0 Å². The van der Waals surface area contributed by atoms with Gasteiger partial charge in [0.2, 0.25) is 0 Å². The summed E-state index contributed by atoms with van der Waals surface area (Å²) < 4.78 is 5.50. The van der Waals surface area contributed by atoms with Gasteiger partial charge >= 0.3 is 0 Å². The minimum absolute atomic E-state index is 0.0787. The molecule has 1 aliphatic rings. The molecule has 3 nitrogen and oxygen atoms in total. The third-order valence-corrected chi connectivity index (χ3v) is 4.47. The Kier molecular flexibility index (Phi) is 3.81. The first-order valence-electron chi connectivity index (χ1n) is 7.93. The maximum Gasteiger partial charge on any atom is 0.257 e. The topological polar surface area (TPSA) is 33.5 Å². The molecule has 0 atom stereocenters. The minimum Gasteiger partial charge on any atom is -0.466 e. The molecule has 0 bridgehead atoms. The summed E-state index contributed by atoms with van der Waals surface area (Å²) in [6, 6.07) is 8.54. The summed E-state index contributed by atoms with van der Waals surface area (Å²) in [6.07, 6.45) is 0.926. The molecule has 0 spiro atoms. The molecule has 0 unspecified atom stereocenters. The third kappa shape index (κ3) is 2.68. The predicted octanol–water partition coefficient (Wildman–Crippen LogP) is 4.22. The third-order valence-electron chi connectivity index (χ3n) is 4.47. The first-order chi connectivity index (χ1) is 10.5. The minimum atomic E-state index is 0.0787. The van der Waals surface area contributed by atoms with Crippen molar-refractivity contribution in [1.29, 1.82) is 0 Å². The van der Waals surface area contributed by atoms with Crippen LogP contribution in [0.2, 0.25) is 0 Å². The predicted molar refractivity (Wildman–Crippen MR) is 87.2 cm³/mol. The molecule has 0 fully saturated rings. The van der Waals surface area contributed by atoms with Gasteiger partial charge in [-0.15, -0.1) is 0 Å². The van der Waals surface area contributed by atoms with E-state index < -0.39 is 0 Å². The van der Waals surface area contributed by atoms with Gasteiger partial charge < -0.3 is 9.32 Å². The highest BCUT2D eigenvalue weighted by atomic mass is 16.3. The van der Waals surface area contributed by atoms with Crippen LogP contribution in [0.25, 0.3) is 0 Å². The molecule has 1 aromatic carbocycles. The fourth-order valence-electron chi connectivity index (χ4n) is 3.12. The molecule has 0 N–H and O–H groups in total. The van der Waals surface area contributed by atoms with E-state index in [1.807, 2.05) is 24.8 Å². The number of furan rings is 1. The second-order valence-corrected chi connectivity index (χ2v) is 6.49. The number of nitrogens with zero attached hydrogens (tertiary/aromatic N) is 1. The smallest absolute Gasteiger partial charge is 0.257 e. The highest BCUT2D eigenvalue weighted by molar-refractivity contribution is 5.95. The van der Waals surface area contributed by atoms with Crippen LogP contribution in [-0.4, -0.2) is 17.4 Å². The summed E-state index contributed by atoms with van der Waals surface area (Å²) in [5, 5.41) is 0. The largest absolute Gasteiger partial charge is 0.466 e. The number of hydrogen-bond acceptors (Lipinski definition) is 2. The fraction of sp³-hybridized carbons (Fsp3) is 0.421. The Labute approximate surface area is 131 Å². The molecule has 1 amide bonds. The molecule has 1 aromatic heterocycles. The van der Waals surface area contributed by atoms with Crippen molar-refractivity contribution in [3.8, 4) is 0 Å². The van der Waals surface area contributed by atoms with Gasteiger partial charge in [0.15, 0.2) is 0 Å². The maximum absolute atomic E-state index is 12.7. The number of carbonyl (C=O) groups is 1. The van der Waals surface area contributed by atoms with Gasteiger partial charge in [-0.1, -0.05) is 32.0 Å². The quantitative estimate of drug-likeness (QED) is 0.831. The van der Waals surface area contributed by atoms with E-state index in [-0.39, 0.29) is 5.91 Å². The zero-order valence-electron chi connectivity index (χ0n) is 13.8. The molecule has 0 saturated heterocycles. The van der Waals surface area contributed by atoms with Gasteiger partial charge in [0.1, 0.15) is 11.5 Å². The Hall–Kier alpha value is -2.03. The normalized spacial score (nSPS) is 14.3. The van der Waals surface area contributed by atoms with Gasteiger partial charge in [-0.3, -0.25) is 4.79 Å². The van der Waals surface area contributed by atoms with E-state index in [4.69, 9.17) is 4.42 Å². The lowest BCUT2D eigenvalue weighted by Gasteiger charge is -2.29. The van der Waals surface area contributed by atoms with Crippen LogP contribution >= 0.6 is 0 Å². The SMILES string of the molecule is Cc1cc(C(=O)N2CCc3ccc(C(C)C)cc3C2)c(C)o1. The summed E-state index contributed by atoms with van der Waals surface area (Å²) in [6.45, 7) is 9.60. The lowest BCUT2D eigenvalue weighted by molar-refractivity contribution is 0.0733. The summed E-state index contributed by atoms with van der Waals surface area (Å²) >= 11 is 0. The van der Waals surface area contributed by atoms with Crippen molar-refractivity contribution >= 4 is 5.91 Å². The van der Waals surface area contributed by atoms with Crippen molar-refractivity contribution < 1.29 is 9.21 Å². The van der Waals surface area contributed by atoms with E-state index in [0.29, 0.717) is 23.8 Å². The van der Waals surface area contributed by atoms with Crippen LogP contribution in [-0.2, 0) is 13.0 Å². The molecule has 0 saturated carbocycles. The van der Waals surface area contributed by atoms with Gasteiger partial charge in [0, 0.05) is 13.1 Å². The van der Waals surface area contributed by atoms with Crippen molar-refractivity contribution in [2.75, 3.05) is 6.54 Å². The number of amides is 1. The van der Waals surface area contributed by atoms with E-state index in [1.165, 1.54) is 16.7 Å². The van der Waals surface area contributed by atoms with Gasteiger partial charge in [-0.05, 0) is 48.9 Å². The molecule has 2 aromatic rings. The van der Waals surface area contributed by atoms with Crippen LogP contribution < -0.4 is 0 Å². The molecule has 22 heavy (non-hydrogen) atoms. The first kappa shape index (κ1) is 14.9. The van der Waals surface area contributed by atoms with E-state index in [0.717, 1.165) is 18.7 Å². The molecule has 0 aliphatic carbocycles. The van der Waals surface area contributed by atoms with Crippen LogP contribution in [0.4, 0.5) is 0 Å². The second-order valence-electron chi connectivity index (χ2n) is 6.49. The van der Waals surface area contributed by atoms with Crippen molar-refractivity contribution in [3.63, 3.8) is 0 Å². The number of hydrogen-bond donors (Lipinski definition) is 0. The average Bonchev–Trinajstić information content (AvgIpc) is 2.84. The molecular weight excluding hydrogens is 274 g/mol. The Bertz CT molecular complexity index is 712. The van der Waals surface area contributed by atoms with Crippen molar-refractivity contribution in [1.82, 2.24) is 4.90 Å². The lowest BCUT2D eigenvalue weighted by Crippen LogP contribution is -2.36. The molecule has 0 radical (unpaired) electrons. The first-order valence-corrected chi connectivity index (χ1v) is 7.93. The van der Waals surface area contributed by atoms with Gasteiger partial charge in [0.05, 0.1) is 5.56 Å². The Balaban J connectivity index is 1.85. The Morgan fingerprint density at radius 3 is 2.59 bits per heavy atom. The highest BCUT2D eigenvalue weighted by Crippen LogP contribution is 2.26. The lowest BCUT2D eigenvalue weighted by atomic mass is 9.93. The highest BCUT2D eigenvalue weighted by Gasteiger charge is 2.24. The summed E-state index contributed by atoms with van der Waals surface area (Å²) in [5.41, 5.74) is 4.68. The molecular formula is C19H23NO2. The average molecular weight is 297 g/mol. The number of rotatable bonds is 2. The van der Waals surface area contributed by atoms with Crippen molar-refractivity contribution in [2.45, 2.75) is 46.6 Å². The maximum atomic E-state index is 12.7. The summed E-state index contributed by atoms with van der Waals surface area (Å²) in [5.74, 6) is 2.09. The number of fused-ring (bicyclic) bond motifs is 1. The Morgan fingerprint density at radius 2 is 1.95 bits per heavy atom. The zero-order chi connectivity index (χ0) is 15.9. The van der Waals surface area contributed by atoms with Gasteiger partial charge in [0.25, 0.3) is 5.91 Å². The number of aryl methyl sites for hydroxylation is 2. The van der Waals surface area contributed by atoms with Crippen molar-refractivity contribution in [2.24, 2.45) is 0 Å². The second kappa shape index (κ2) is 5.64. The van der Waals surface area contributed by atoms with Crippen molar-refractivity contribution in [3.05, 3.63) is 58.0 Å². The van der Waals surface area contributed by atoms with Crippen LogP contribution in [0.15, 0.2) is 28.7 Å². The van der Waals surface area contributed by atoms with Crippen LogP contribution in [0, 0.1) is 13.8 Å². The molecule has 1 aliphatic heterocycles. The van der Waals surface area contributed by atoms with Crippen LogP contribution in [0.3, 0.4) is 0 Å². The van der Waals surface area contributed by atoms with Gasteiger partial charge in [-0.2, -0.15) is 0 Å². The fourth-order valence-corrected chi connectivity index (χ4v) is 3.12. The monoisotopic (exact) mass is 297 g/mol. The van der Waals surface area contributed by atoms with E-state index in [1.54, 1.807) is 0 Å². The van der Waals surface area contributed by atoms with Gasteiger partial charge in [-0.25, -0.2) is 0 Å². The molecule has 3 heteroatoms. The summed E-state index contributed by atoms with van der Waals surface area (Å²) in [4.78, 5) is 14.7. The molecule has 116 valence electrons. The molecule has 3 rings (SSSR count). The van der Waals surface area contributed by atoms with Crippen LogP contribution in [0.1, 0.15) is 58.3 Å². The van der Waals surface area contributed by atoms with E-state index in [9.17, 15) is 4.79 Å². The number of carbonyl (C=O) groups excluding carboxylic acids is 1. The van der Waals surface area contributed by atoms with E-state index in [2.05, 4.69) is 32.0 Å². The zero-order valence-corrected chi connectivity index (χ0v) is 13.8. The standard InChI is InChI=1S/C19H23NO2/c1-12(2)16-6-5-15-7-8-20(11-17(15)10-16)19(21)18-9-13(3)22-14(18)4/h5-6,9-10,12H,7-8,11H2,1-4H3.